The average molecular weight is 236 g/mol. The molecule has 0 radical (unpaired) electrons. The Balaban J connectivity index is 2.07. The van der Waals surface area contributed by atoms with E-state index in [1.165, 1.54) is 27.8 Å². The third-order valence-electron chi connectivity index (χ3n) is 3.42. The van der Waals surface area contributed by atoms with Crippen LogP contribution in [0.2, 0.25) is 0 Å². The number of hydrogen-bond acceptors (Lipinski definition) is 1. The van der Waals surface area contributed by atoms with E-state index in [-0.39, 0.29) is 0 Å². The lowest BCUT2D eigenvalue weighted by Crippen LogP contribution is -1.85. The van der Waals surface area contributed by atoms with Crippen molar-refractivity contribution in [1.82, 2.24) is 0 Å². The van der Waals surface area contributed by atoms with Crippen molar-refractivity contribution >= 4 is 5.57 Å². The van der Waals surface area contributed by atoms with Gasteiger partial charge >= 0.3 is 0 Å². The summed E-state index contributed by atoms with van der Waals surface area (Å²) in [5.74, 6) is 1.02. The van der Waals surface area contributed by atoms with Crippen LogP contribution in [0.25, 0.3) is 16.7 Å². The summed E-state index contributed by atoms with van der Waals surface area (Å²) in [4.78, 5) is 0. The SMILES string of the molecule is CC1=CC(C)=C(c2occc2-c2ccccc2)C1. The fourth-order valence-electron chi connectivity index (χ4n) is 2.57. The van der Waals surface area contributed by atoms with Crippen LogP contribution in [-0.4, -0.2) is 0 Å². The zero-order valence-electron chi connectivity index (χ0n) is 10.7. The van der Waals surface area contributed by atoms with Crippen molar-refractivity contribution < 1.29 is 4.42 Å². The first-order chi connectivity index (χ1) is 8.75. The van der Waals surface area contributed by atoms with Gasteiger partial charge in [-0.25, -0.2) is 0 Å². The first kappa shape index (κ1) is 11.1. The van der Waals surface area contributed by atoms with Gasteiger partial charge in [-0.05, 0) is 37.5 Å². The van der Waals surface area contributed by atoms with E-state index in [1.54, 1.807) is 6.26 Å². The fraction of sp³-hybridized carbons (Fsp3) is 0.176. The molecule has 1 aromatic heterocycles. The van der Waals surface area contributed by atoms with E-state index in [0.717, 1.165) is 12.2 Å². The van der Waals surface area contributed by atoms with E-state index in [1.807, 2.05) is 6.07 Å². The number of furan rings is 1. The first-order valence-electron chi connectivity index (χ1n) is 6.26. The zero-order valence-corrected chi connectivity index (χ0v) is 10.7. The van der Waals surface area contributed by atoms with Gasteiger partial charge in [-0.2, -0.15) is 0 Å². The van der Waals surface area contributed by atoms with Gasteiger partial charge in [-0.3, -0.25) is 0 Å². The molecule has 0 amide bonds. The minimum Gasteiger partial charge on any atom is -0.464 e. The smallest absolute Gasteiger partial charge is 0.138 e. The van der Waals surface area contributed by atoms with E-state index in [2.05, 4.69) is 50.3 Å². The lowest BCUT2D eigenvalue weighted by Gasteiger charge is -2.05. The molecule has 0 fully saturated rings. The highest BCUT2D eigenvalue weighted by Gasteiger charge is 2.18. The molecule has 0 N–H and O–H groups in total. The van der Waals surface area contributed by atoms with E-state index >= 15 is 0 Å². The van der Waals surface area contributed by atoms with Gasteiger partial charge in [0.1, 0.15) is 5.76 Å². The topological polar surface area (TPSA) is 13.1 Å². The Hall–Kier alpha value is -2.02. The first-order valence-corrected chi connectivity index (χ1v) is 6.26. The van der Waals surface area contributed by atoms with Crippen LogP contribution in [0.5, 0.6) is 0 Å². The van der Waals surface area contributed by atoms with Gasteiger partial charge in [0, 0.05) is 11.1 Å². The number of rotatable bonds is 2. The zero-order chi connectivity index (χ0) is 12.5. The van der Waals surface area contributed by atoms with E-state index in [4.69, 9.17) is 4.42 Å². The highest BCUT2D eigenvalue weighted by molar-refractivity contribution is 5.83. The van der Waals surface area contributed by atoms with Crippen LogP contribution in [-0.2, 0) is 0 Å². The second kappa shape index (κ2) is 4.34. The molecule has 0 unspecified atom stereocenters. The largest absolute Gasteiger partial charge is 0.464 e. The Bertz CT molecular complexity index is 627. The van der Waals surface area contributed by atoms with Crippen molar-refractivity contribution in [3.05, 3.63) is 65.6 Å². The standard InChI is InChI=1S/C17H16O/c1-12-10-13(2)16(11-12)17-15(8-9-18-17)14-6-4-3-5-7-14/h3-10H,11H2,1-2H3. The summed E-state index contributed by atoms with van der Waals surface area (Å²) in [6, 6.07) is 12.5. The summed E-state index contributed by atoms with van der Waals surface area (Å²) in [6.45, 7) is 4.32. The molecule has 1 aliphatic carbocycles. The van der Waals surface area contributed by atoms with Gasteiger partial charge in [0.25, 0.3) is 0 Å². The number of hydrogen-bond donors (Lipinski definition) is 0. The normalized spacial score (nSPS) is 15.1. The van der Waals surface area contributed by atoms with E-state index in [0.29, 0.717) is 0 Å². The van der Waals surface area contributed by atoms with Crippen LogP contribution in [0.3, 0.4) is 0 Å². The van der Waals surface area contributed by atoms with Crippen molar-refractivity contribution in [3.8, 4) is 11.1 Å². The molecule has 0 bridgehead atoms. The lowest BCUT2D eigenvalue weighted by molar-refractivity contribution is 0.552. The third kappa shape index (κ3) is 1.82. The predicted molar refractivity (Wildman–Crippen MR) is 75.1 cm³/mol. The lowest BCUT2D eigenvalue weighted by atomic mass is 9.99. The van der Waals surface area contributed by atoms with Crippen LogP contribution < -0.4 is 0 Å². The molecule has 2 aromatic rings. The summed E-state index contributed by atoms with van der Waals surface area (Å²) in [5.41, 5.74) is 6.44. The quantitative estimate of drug-likeness (QED) is 0.709. The highest BCUT2D eigenvalue weighted by Crippen LogP contribution is 2.38. The number of allylic oxidation sites excluding steroid dienone is 4. The van der Waals surface area contributed by atoms with Gasteiger partial charge in [0.15, 0.2) is 0 Å². The van der Waals surface area contributed by atoms with E-state index < -0.39 is 0 Å². The second-order valence-electron chi connectivity index (χ2n) is 4.86. The Kier molecular flexibility index (Phi) is 2.67. The Morgan fingerprint density at radius 2 is 1.78 bits per heavy atom. The van der Waals surface area contributed by atoms with Gasteiger partial charge in [-0.1, -0.05) is 42.0 Å². The number of benzene rings is 1. The molecule has 18 heavy (non-hydrogen) atoms. The third-order valence-corrected chi connectivity index (χ3v) is 3.42. The molecule has 90 valence electrons. The molecule has 1 aromatic carbocycles. The minimum absolute atomic E-state index is 0.999. The van der Waals surface area contributed by atoms with Crippen molar-refractivity contribution in [3.63, 3.8) is 0 Å². The second-order valence-corrected chi connectivity index (χ2v) is 4.86. The van der Waals surface area contributed by atoms with Crippen molar-refractivity contribution in [2.45, 2.75) is 20.3 Å². The average Bonchev–Trinajstić information content (AvgIpc) is 2.96. The van der Waals surface area contributed by atoms with Crippen molar-refractivity contribution in [2.24, 2.45) is 0 Å². The molecule has 0 saturated carbocycles. The molecule has 0 atom stereocenters. The Morgan fingerprint density at radius 3 is 2.44 bits per heavy atom. The van der Waals surface area contributed by atoms with Gasteiger partial charge in [0.05, 0.1) is 6.26 Å². The maximum Gasteiger partial charge on any atom is 0.138 e. The van der Waals surface area contributed by atoms with E-state index in [9.17, 15) is 0 Å². The molecule has 0 aliphatic heterocycles. The minimum atomic E-state index is 0.999. The summed E-state index contributed by atoms with van der Waals surface area (Å²) in [5, 5.41) is 0. The van der Waals surface area contributed by atoms with Crippen molar-refractivity contribution in [1.29, 1.82) is 0 Å². The highest BCUT2D eigenvalue weighted by atomic mass is 16.3. The fourth-order valence-corrected chi connectivity index (χ4v) is 2.57. The Labute approximate surface area is 107 Å². The molecule has 1 heterocycles. The van der Waals surface area contributed by atoms with Crippen LogP contribution in [0.15, 0.2) is 64.3 Å². The predicted octanol–water partition coefficient (Wildman–Crippen LogP) is 5.07. The molecular formula is C17H16O. The summed E-state index contributed by atoms with van der Waals surface area (Å²) in [7, 11) is 0. The monoisotopic (exact) mass is 236 g/mol. The summed E-state index contributed by atoms with van der Waals surface area (Å²) >= 11 is 0. The summed E-state index contributed by atoms with van der Waals surface area (Å²) < 4.78 is 5.73. The van der Waals surface area contributed by atoms with Crippen molar-refractivity contribution in [2.75, 3.05) is 0 Å². The maximum atomic E-state index is 5.73. The van der Waals surface area contributed by atoms with Crippen LogP contribution in [0.1, 0.15) is 26.0 Å². The molecule has 1 aliphatic rings. The molecule has 1 heteroatoms. The van der Waals surface area contributed by atoms with Gasteiger partial charge in [0.2, 0.25) is 0 Å². The maximum absolute atomic E-state index is 5.73. The molecule has 0 spiro atoms. The van der Waals surface area contributed by atoms with Crippen LogP contribution >= 0.6 is 0 Å². The van der Waals surface area contributed by atoms with Crippen LogP contribution in [0.4, 0.5) is 0 Å². The van der Waals surface area contributed by atoms with Gasteiger partial charge < -0.3 is 4.42 Å². The van der Waals surface area contributed by atoms with Crippen LogP contribution in [0, 0.1) is 0 Å². The molecule has 1 nitrogen and oxygen atoms in total. The summed E-state index contributed by atoms with van der Waals surface area (Å²) in [6.07, 6.45) is 5.03. The Morgan fingerprint density at radius 1 is 1.00 bits per heavy atom. The molecular weight excluding hydrogens is 220 g/mol. The molecule has 3 rings (SSSR count). The van der Waals surface area contributed by atoms with Gasteiger partial charge in [-0.15, -0.1) is 0 Å². The molecule has 0 saturated heterocycles.